The number of amides is 1. The Labute approximate surface area is 156 Å². The van der Waals surface area contributed by atoms with Gasteiger partial charge in [-0.3, -0.25) is 19.4 Å². The molecule has 0 atom stereocenters. The third-order valence-electron chi connectivity index (χ3n) is 3.50. The van der Waals surface area contributed by atoms with Crippen LogP contribution in [0.1, 0.15) is 6.92 Å². The zero-order valence-electron chi connectivity index (χ0n) is 14.6. The van der Waals surface area contributed by atoms with Gasteiger partial charge in [-0.25, -0.2) is 19.3 Å². The predicted octanol–water partition coefficient (Wildman–Crippen LogP) is 1.24. The molecule has 0 unspecified atom stereocenters. The lowest BCUT2D eigenvalue weighted by Crippen LogP contribution is -2.26. The van der Waals surface area contributed by atoms with Crippen LogP contribution in [0.3, 0.4) is 0 Å². The Hall–Kier alpha value is -4.09. The monoisotopic (exact) mass is 386 g/mol. The number of anilines is 1. The molecule has 0 saturated heterocycles. The Morgan fingerprint density at radius 1 is 1.36 bits per heavy atom. The zero-order chi connectivity index (χ0) is 20.1. The van der Waals surface area contributed by atoms with E-state index in [1.165, 1.54) is 30.6 Å². The van der Waals surface area contributed by atoms with E-state index in [2.05, 4.69) is 25.0 Å². The summed E-state index contributed by atoms with van der Waals surface area (Å²) in [5.74, 6) is -1.24. The highest BCUT2D eigenvalue weighted by molar-refractivity contribution is 5.93. The van der Waals surface area contributed by atoms with Gasteiger partial charge < -0.3 is 10.1 Å². The highest BCUT2D eigenvalue weighted by atomic mass is 16.6. The fourth-order valence-electron chi connectivity index (χ4n) is 2.34. The standard InChI is InChI=1S/C16H14N6O6/c1-2-27-10-4-5-11(12(8-10)22(25)26)19-13(23)9-21-15(20-28-16(21)24)14-17-6-3-7-18-14/h3-8H,2,9H2,1H3,(H,19,23). The third-order valence-corrected chi connectivity index (χ3v) is 3.50. The van der Waals surface area contributed by atoms with Crippen molar-refractivity contribution >= 4 is 17.3 Å². The molecular weight excluding hydrogens is 372 g/mol. The Bertz CT molecular complexity index is 1060. The molecule has 12 heteroatoms. The number of nitrogens with one attached hydrogen (secondary N) is 1. The SMILES string of the molecule is CCOc1ccc(NC(=O)Cn2c(-c3ncccn3)noc2=O)c([N+](=O)[O-])c1. The van der Waals surface area contributed by atoms with Crippen molar-refractivity contribution in [3.05, 3.63) is 57.3 Å². The fraction of sp³-hybridized carbons (Fsp3) is 0.188. The van der Waals surface area contributed by atoms with Crippen molar-refractivity contribution in [2.45, 2.75) is 13.5 Å². The molecule has 3 aromatic rings. The van der Waals surface area contributed by atoms with Crippen molar-refractivity contribution in [3.8, 4) is 17.4 Å². The van der Waals surface area contributed by atoms with E-state index >= 15 is 0 Å². The topological polar surface area (TPSA) is 155 Å². The van der Waals surface area contributed by atoms with Gasteiger partial charge in [-0.1, -0.05) is 5.16 Å². The summed E-state index contributed by atoms with van der Waals surface area (Å²) in [4.78, 5) is 42.8. The summed E-state index contributed by atoms with van der Waals surface area (Å²) in [5.41, 5.74) is -0.385. The molecule has 28 heavy (non-hydrogen) atoms. The van der Waals surface area contributed by atoms with Crippen molar-refractivity contribution in [1.82, 2.24) is 19.7 Å². The molecule has 1 aromatic carbocycles. The molecule has 0 aliphatic carbocycles. The van der Waals surface area contributed by atoms with Gasteiger partial charge in [-0.2, -0.15) is 0 Å². The lowest BCUT2D eigenvalue weighted by Gasteiger charge is -2.09. The first-order valence-electron chi connectivity index (χ1n) is 8.04. The predicted molar refractivity (Wildman–Crippen MR) is 94.7 cm³/mol. The van der Waals surface area contributed by atoms with Crippen LogP contribution in [0.25, 0.3) is 11.6 Å². The number of nitro groups is 1. The van der Waals surface area contributed by atoms with Crippen molar-refractivity contribution in [2.75, 3.05) is 11.9 Å². The fourth-order valence-corrected chi connectivity index (χ4v) is 2.34. The maximum Gasteiger partial charge on any atom is 0.442 e. The molecule has 0 aliphatic heterocycles. The largest absolute Gasteiger partial charge is 0.494 e. The lowest BCUT2D eigenvalue weighted by atomic mass is 10.2. The summed E-state index contributed by atoms with van der Waals surface area (Å²) in [6.07, 6.45) is 2.88. The molecule has 0 aliphatic rings. The Morgan fingerprint density at radius 3 is 2.79 bits per heavy atom. The molecule has 0 spiro atoms. The summed E-state index contributed by atoms with van der Waals surface area (Å²) < 4.78 is 10.7. The van der Waals surface area contributed by atoms with Crippen LogP contribution >= 0.6 is 0 Å². The molecule has 0 fully saturated rings. The molecule has 1 N–H and O–H groups in total. The average molecular weight is 386 g/mol. The normalized spacial score (nSPS) is 10.5. The second kappa shape index (κ2) is 8.07. The van der Waals surface area contributed by atoms with Gasteiger partial charge in [0.25, 0.3) is 5.69 Å². The van der Waals surface area contributed by atoms with Crippen molar-refractivity contribution in [3.63, 3.8) is 0 Å². The first-order chi connectivity index (χ1) is 13.5. The second-order valence-electron chi connectivity index (χ2n) is 5.35. The average Bonchev–Trinajstić information content (AvgIpc) is 3.04. The van der Waals surface area contributed by atoms with Crippen LogP contribution in [0.15, 0.2) is 46.0 Å². The van der Waals surface area contributed by atoms with E-state index in [0.717, 1.165) is 4.57 Å². The zero-order valence-corrected chi connectivity index (χ0v) is 14.6. The third kappa shape index (κ3) is 4.00. The van der Waals surface area contributed by atoms with Gasteiger partial charge in [-0.15, -0.1) is 0 Å². The Morgan fingerprint density at radius 2 is 2.11 bits per heavy atom. The van der Waals surface area contributed by atoms with E-state index in [1.807, 2.05) is 0 Å². The number of carbonyl (C=O) groups is 1. The van der Waals surface area contributed by atoms with E-state index in [4.69, 9.17) is 4.74 Å². The van der Waals surface area contributed by atoms with Gasteiger partial charge in [-0.05, 0) is 25.1 Å². The molecule has 1 amide bonds. The lowest BCUT2D eigenvalue weighted by molar-refractivity contribution is -0.384. The number of rotatable bonds is 7. The van der Waals surface area contributed by atoms with Crippen molar-refractivity contribution in [1.29, 1.82) is 0 Å². The number of ether oxygens (including phenoxy) is 1. The highest BCUT2D eigenvalue weighted by Gasteiger charge is 2.21. The summed E-state index contributed by atoms with van der Waals surface area (Å²) in [5, 5.41) is 17.2. The minimum Gasteiger partial charge on any atom is -0.494 e. The number of nitrogens with zero attached hydrogens (tertiary/aromatic N) is 5. The highest BCUT2D eigenvalue weighted by Crippen LogP contribution is 2.29. The first kappa shape index (κ1) is 18.7. The van der Waals surface area contributed by atoms with Gasteiger partial charge in [0, 0.05) is 12.4 Å². The van der Waals surface area contributed by atoms with Crippen LogP contribution in [-0.2, 0) is 11.3 Å². The van der Waals surface area contributed by atoms with Crippen LogP contribution in [0.5, 0.6) is 5.75 Å². The summed E-state index contributed by atoms with van der Waals surface area (Å²) in [7, 11) is 0. The van der Waals surface area contributed by atoms with Gasteiger partial charge in [0.05, 0.1) is 17.6 Å². The molecule has 12 nitrogen and oxygen atoms in total. The molecule has 0 bridgehead atoms. The van der Waals surface area contributed by atoms with Crippen LogP contribution in [0, 0.1) is 10.1 Å². The van der Waals surface area contributed by atoms with Crippen LogP contribution in [0.4, 0.5) is 11.4 Å². The van der Waals surface area contributed by atoms with Crippen molar-refractivity contribution < 1.29 is 19.0 Å². The summed E-state index contributed by atoms with van der Waals surface area (Å²) in [6, 6.07) is 5.61. The van der Waals surface area contributed by atoms with E-state index in [1.54, 1.807) is 13.0 Å². The number of benzene rings is 1. The van der Waals surface area contributed by atoms with Crippen LogP contribution in [-0.4, -0.2) is 37.1 Å². The molecule has 2 heterocycles. The van der Waals surface area contributed by atoms with Gasteiger partial charge in [0.2, 0.25) is 11.7 Å². The smallest absolute Gasteiger partial charge is 0.442 e. The van der Waals surface area contributed by atoms with Gasteiger partial charge >= 0.3 is 5.76 Å². The summed E-state index contributed by atoms with van der Waals surface area (Å²) >= 11 is 0. The van der Waals surface area contributed by atoms with E-state index < -0.39 is 23.1 Å². The first-order valence-corrected chi connectivity index (χ1v) is 8.04. The maximum atomic E-state index is 12.4. The van der Waals surface area contributed by atoms with E-state index in [0.29, 0.717) is 12.4 Å². The van der Waals surface area contributed by atoms with E-state index in [9.17, 15) is 19.7 Å². The Balaban J connectivity index is 1.83. The summed E-state index contributed by atoms with van der Waals surface area (Å²) in [6.45, 7) is 1.58. The van der Waals surface area contributed by atoms with Crippen LogP contribution < -0.4 is 15.8 Å². The Kier molecular flexibility index (Phi) is 5.39. The van der Waals surface area contributed by atoms with E-state index in [-0.39, 0.29) is 23.0 Å². The second-order valence-corrected chi connectivity index (χ2v) is 5.35. The maximum absolute atomic E-state index is 12.4. The molecule has 0 saturated carbocycles. The number of aromatic nitrogens is 4. The molecule has 2 aromatic heterocycles. The quantitative estimate of drug-likeness (QED) is 0.466. The van der Waals surface area contributed by atoms with Gasteiger partial charge in [0.15, 0.2) is 5.82 Å². The number of nitro benzene ring substituents is 1. The van der Waals surface area contributed by atoms with Crippen LogP contribution in [0.2, 0.25) is 0 Å². The number of hydrogen-bond donors (Lipinski definition) is 1. The molecule has 144 valence electrons. The van der Waals surface area contributed by atoms with Crippen molar-refractivity contribution in [2.24, 2.45) is 0 Å². The molecular formula is C16H14N6O6. The minimum atomic E-state index is -0.890. The minimum absolute atomic E-state index is 0.0399. The number of carbonyl (C=O) groups excluding carboxylic acids is 1. The molecule has 0 radical (unpaired) electrons. The van der Waals surface area contributed by atoms with Gasteiger partial charge in [0.1, 0.15) is 18.0 Å². The number of hydrogen-bond acceptors (Lipinski definition) is 9. The molecule has 3 rings (SSSR count).